The summed E-state index contributed by atoms with van der Waals surface area (Å²) in [5.41, 5.74) is 6.98. The van der Waals surface area contributed by atoms with Crippen molar-refractivity contribution in [1.29, 1.82) is 0 Å². The van der Waals surface area contributed by atoms with E-state index in [1.807, 2.05) is 0 Å². The summed E-state index contributed by atoms with van der Waals surface area (Å²) < 4.78 is 5.38. The highest BCUT2D eigenvalue weighted by molar-refractivity contribution is 5.99. The topological polar surface area (TPSA) is 130 Å². The minimum absolute atomic E-state index is 0.0293. The fraction of sp³-hybridized carbons (Fsp3) is 0.652. The van der Waals surface area contributed by atoms with Crippen LogP contribution in [0.1, 0.15) is 56.1 Å². The van der Waals surface area contributed by atoms with Gasteiger partial charge < -0.3 is 25.8 Å². The zero-order valence-corrected chi connectivity index (χ0v) is 17.8. The molecule has 0 amide bonds. The molecule has 0 spiro atoms. The Hall–Kier alpha value is -1.80. The Morgan fingerprint density at radius 2 is 1.83 bits per heavy atom. The Morgan fingerprint density at radius 1 is 1.13 bits per heavy atom. The van der Waals surface area contributed by atoms with Gasteiger partial charge in [0.25, 0.3) is 0 Å². The van der Waals surface area contributed by atoms with E-state index in [1.165, 1.54) is 6.07 Å². The number of aliphatic hydroxyl groups excluding tert-OH is 2. The van der Waals surface area contributed by atoms with Crippen LogP contribution in [0.3, 0.4) is 0 Å². The van der Waals surface area contributed by atoms with Crippen LogP contribution in [0.5, 0.6) is 5.75 Å². The van der Waals surface area contributed by atoms with E-state index < -0.39 is 6.10 Å². The quantitative estimate of drug-likeness (QED) is 0.379. The van der Waals surface area contributed by atoms with Crippen LogP contribution < -0.4 is 5.73 Å². The maximum Gasteiger partial charge on any atom is 0.140 e. The van der Waals surface area contributed by atoms with Gasteiger partial charge in [0.1, 0.15) is 17.3 Å². The van der Waals surface area contributed by atoms with E-state index in [4.69, 9.17) is 10.5 Å². The van der Waals surface area contributed by atoms with Crippen molar-refractivity contribution in [2.45, 2.75) is 70.2 Å². The van der Waals surface area contributed by atoms with Crippen molar-refractivity contribution >= 4 is 11.6 Å². The molecule has 1 aromatic rings. The van der Waals surface area contributed by atoms with Crippen molar-refractivity contribution < 1.29 is 29.6 Å². The highest BCUT2D eigenvalue weighted by atomic mass is 16.5. The summed E-state index contributed by atoms with van der Waals surface area (Å²) in [4.78, 5) is 24.6. The molecule has 168 valence electrons. The highest BCUT2D eigenvalue weighted by Gasteiger charge is 2.35. The van der Waals surface area contributed by atoms with Gasteiger partial charge in [-0.1, -0.05) is 6.07 Å². The molecule has 0 heterocycles. The van der Waals surface area contributed by atoms with Crippen molar-refractivity contribution in [2.24, 2.45) is 17.6 Å². The normalized spacial score (nSPS) is 24.0. The van der Waals surface area contributed by atoms with Crippen LogP contribution >= 0.6 is 0 Å². The standard InChI is InChI=1S/C23H35NO6/c1-30-23-12-16(17(8-9-24)11-22(23)29)4-6-20(27)13-19(26)5-2-15-3-7-21(28)18(10-15)14-25/h3,7,10,16-17,22-23,25,28-29H,2,4-6,8-9,11-14,24H2,1H3. The SMILES string of the molecule is COC1CC(CCC(=O)CC(=O)CCc2ccc(O)c(CO)c2)C(CCN)CC1O. The molecule has 4 unspecified atom stereocenters. The lowest BCUT2D eigenvalue weighted by Gasteiger charge is -2.38. The number of aliphatic hydroxyl groups is 2. The minimum Gasteiger partial charge on any atom is -0.508 e. The summed E-state index contributed by atoms with van der Waals surface area (Å²) in [6.07, 6.45) is 3.11. The number of aryl methyl sites for hydroxylation is 1. The Morgan fingerprint density at radius 3 is 2.50 bits per heavy atom. The molecule has 2 rings (SSSR count). The number of ether oxygens (including phenoxy) is 1. The van der Waals surface area contributed by atoms with Gasteiger partial charge in [-0.3, -0.25) is 9.59 Å². The predicted octanol–water partition coefficient (Wildman–Crippen LogP) is 1.88. The van der Waals surface area contributed by atoms with E-state index in [2.05, 4.69) is 0 Å². The van der Waals surface area contributed by atoms with E-state index in [0.29, 0.717) is 44.2 Å². The molecule has 4 atom stereocenters. The molecule has 1 aliphatic carbocycles. The number of benzene rings is 1. The van der Waals surface area contributed by atoms with Crippen LogP contribution in [-0.4, -0.2) is 52.7 Å². The lowest BCUT2D eigenvalue weighted by Crippen LogP contribution is -2.41. The van der Waals surface area contributed by atoms with Crippen molar-refractivity contribution in [3.8, 4) is 5.75 Å². The fourth-order valence-electron chi connectivity index (χ4n) is 4.42. The molecule has 1 aliphatic rings. The first-order chi connectivity index (χ1) is 14.4. The molecule has 0 radical (unpaired) electrons. The van der Waals surface area contributed by atoms with Gasteiger partial charge in [-0.15, -0.1) is 0 Å². The lowest BCUT2D eigenvalue weighted by molar-refractivity contribution is -0.127. The van der Waals surface area contributed by atoms with Crippen LogP contribution in [0.25, 0.3) is 0 Å². The van der Waals surface area contributed by atoms with Gasteiger partial charge >= 0.3 is 0 Å². The second-order valence-corrected chi connectivity index (χ2v) is 8.32. The molecular weight excluding hydrogens is 386 g/mol. The Bertz CT molecular complexity index is 707. The molecule has 0 aromatic heterocycles. The van der Waals surface area contributed by atoms with E-state index in [-0.39, 0.29) is 54.7 Å². The second-order valence-electron chi connectivity index (χ2n) is 8.32. The Kier molecular flexibility index (Phi) is 9.91. The predicted molar refractivity (Wildman–Crippen MR) is 113 cm³/mol. The van der Waals surface area contributed by atoms with E-state index >= 15 is 0 Å². The molecule has 1 fully saturated rings. The fourth-order valence-corrected chi connectivity index (χ4v) is 4.42. The van der Waals surface area contributed by atoms with Gasteiger partial charge in [-0.05, 0) is 68.2 Å². The minimum atomic E-state index is -0.494. The molecular formula is C23H35NO6. The van der Waals surface area contributed by atoms with Gasteiger partial charge in [0.05, 0.1) is 25.2 Å². The van der Waals surface area contributed by atoms with Gasteiger partial charge in [0.15, 0.2) is 0 Å². The number of hydrogen-bond donors (Lipinski definition) is 4. The first-order valence-corrected chi connectivity index (χ1v) is 10.7. The third kappa shape index (κ3) is 7.16. The highest BCUT2D eigenvalue weighted by Crippen LogP contribution is 2.36. The average Bonchev–Trinajstić information content (AvgIpc) is 2.72. The van der Waals surface area contributed by atoms with Crippen LogP contribution in [-0.2, 0) is 27.4 Å². The summed E-state index contributed by atoms with van der Waals surface area (Å²) in [5, 5.41) is 29.0. The summed E-state index contributed by atoms with van der Waals surface area (Å²) in [6, 6.07) is 4.89. The molecule has 1 saturated carbocycles. The molecule has 0 bridgehead atoms. The zero-order valence-electron chi connectivity index (χ0n) is 17.8. The Balaban J connectivity index is 1.79. The van der Waals surface area contributed by atoms with E-state index in [1.54, 1.807) is 19.2 Å². The molecule has 1 aromatic carbocycles. The van der Waals surface area contributed by atoms with Crippen molar-refractivity contribution in [3.63, 3.8) is 0 Å². The smallest absolute Gasteiger partial charge is 0.140 e. The first-order valence-electron chi connectivity index (χ1n) is 10.7. The monoisotopic (exact) mass is 421 g/mol. The number of carbonyl (C=O) groups is 2. The van der Waals surface area contributed by atoms with E-state index in [9.17, 15) is 24.9 Å². The number of phenols is 1. The third-order valence-electron chi connectivity index (χ3n) is 6.21. The molecule has 30 heavy (non-hydrogen) atoms. The number of methoxy groups -OCH3 is 1. The zero-order chi connectivity index (χ0) is 22.1. The van der Waals surface area contributed by atoms with Crippen LogP contribution in [0, 0.1) is 11.8 Å². The third-order valence-corrected chi connectivity index (χ3v) is 6.21. The Labute approximate surface area is 178 Å². The number of ketones is 2. The van der Waals surface area contributed by atoms with Crippen molar-refractivity contribution in [3.05, 3.63) is 29.3 Å². The molecule has 0 aliphatic heterocycles. The summed E-state index contributed by atoms with van der Waals surface area (Å²) in [6.45, 7) is 0.284. The van der Waals surface area contributed by atoms with Crippen LogP contribution in [0.4, 0.5) is 0 Å². The second kappa shape index (κ2) is 12.2. The largest absolute Gasteiger partial charge is 0.508 e. The maximum atomic E-state index is 12.3. The number of nitrogens with two attached hydrogens (primary N) is 1. The molecule has 0 saturated heterocycles. The number of hydrogen-bond acceptors (Lipinski definition) is 7. The van der Waals surface area contributed by atoms with Gasteiger partial charge in [-0.2, -0.15) is 0 Å². The number of Topliss-reactive ketones (excluding diaryl/α,β-unsaturated/α-hetero) is 2. The molecule has 7 nitrogen and oxygen atoms in total. The first kappa shape index (κ1) is 24.5. The van der Waals surface area contributed by atoms with Gasteiger partial charge in [0, 0.05) is 25.5 Å². The number of aromatic hydroxyl groups is 1. The van der Waals surface area contributed by atoms with Crippen LogP contribution in [0.2, 0.25) is 0 Å². The lowest BCUT2D eigenvalue weighted by atomic mass is 9.72. The number of rotatable bonds is 12. The van der Waals surface area contributed by atoms with Crippen molar-refractivity contribution in [1.82, 2.24) is 0 Å². The van der Waals surface area contributed by atoms with E-state index in [0.717, 1.165) is 12.0 Å². The summed E-state index contributed by atoms with van der Waals surface area (Å²) in [5.74, 6) is 0.394. The molecule has 7 heteroatoms. The maximum absolute atomic E-state index is 12.3. The van der Waals surface area contributed by atoms with Crippen molar-refractivity contribution in [2.75, 3.05) is 13.7 Å². The average molecular weight is 422 g/mol. The van der Waals surface area contributed by atoms with Crippen LogP contribution in [0.15, 0.2) is 18.2 Å². The van der Waals surface area contributed by atoms with Gasteiger partial charge in [-0.25, -0.2) is 0 Å². The van der Waals surface area contributed by atoms with Gasteiger partial charge in [0.2, 0.25) is 0 Å². The summed E-state index contributed by atoms with van der Waals surface area (Å²) in [7, 11) is 1.59. The number of carbonyl (C=O) groups excluding carboxylic acids is 2. The summed E-state index contributed by atoms with van der Waals surface area (Å²) >= 11 is 0. The molecule has 5 N–H and O–H groups in total.